The van der Waals surface area contributed by atoms with Gasteiger partial charge in [0.05, 0.1) is 12.1 Å². The number of rotatable bonds is 3. The van der Waals surface area contributed by atoms with Crippen molar-refractivity contribution in [1.29, 1.82) is 0 Å². The number of benzene rings is 1. The summed E-state index contributed by atoms with van der Waals surface area (Å²) in [4.78, 5) is 20.7. The molecular weight excluding hydrogens is 294 g/mol. The van der Waals surface area contributed by atoms with Crippen molar-refractivity contribution in [2.24, 2.45) is 0 Å². The van der Waals surface area contributed by atoms with Gasteiger partial charge >= 0.3 is 5.97 Å². The number of hydrogen-bond donors (Lipinski definition) is 1. The largest absolute Gasteiger partial charge is 0.506 e. The van der Waals surface area contributed by atoms with E-state index in [4.69, 9.17) is 4.74 Å². The van der Waals surface area contributed by atoms with E-state index in [-0.39, 0.29) is 17.9 Å². The Morgan fingerprint density at radius 1 is 1.30 bits per heavy atom. The molecule has 6 nitrogen and oxygen atoms in total. The highest BCUT2D eigenvalue weighted by molar-refractivity contribution is 6.00. The number of fused-ring (bicyclic) bond motifs is 1. The number of piperazine rings is 1. The number of anilines is 1. The summed E-state index contributed by atoms with van der Waals surface area (Å²) in [6, 6.07) is 5.77. The Labute approximate surface area is 135 Å². The van der Waals surface area contributed by atoms with Crippen molar-refractivity contribution in [3.05, 3.63) is 30.0 Å². The molecule has 0 bridgehead atoms. The first-order valence-electron chi connectivity index (χ1n) is 7.82. The minimum atomic E-state index is -0.551. The molecule has 0 unspecified atom stereocenters. The van der Waals surface area contributed by atoms with E-state index in [0.717, 1.165) is 31.9 Å². The standard InChI is InChI=1S/C17H21N3O3/c1-3-23-17(22)14-11-18-15-5-4-12(10-13(15)16(14)21)20-8-6-19(2)7-9-20/h4-5,10-11H,3,6-9H2,1-2H3,(H,18,21). The fraction of sp³-hybridized carbons (Fsp3) is 0.412. The molecule has 1 aromatic heterocycles. The Balaban J connectivity index is 1.97. The summed E-state index contributed by atoms with van der Waals surface area (Å²) in [5, 5.41) is 11.0. The van der Waals surface area contributed by atoms with Crippen LogP contribution in [0.2, 0.25) is 0 Å². The van der Waals surface area contributed by atoms with Gasteiger partial charge < -0.3 is 19.6 Å². The highest BCUT2D eigenvalue weighted by Crippen LogP contribution is 2.31. The van der Waals surface area contributed by atoms with Crippen LogP contribution in [0.25, 0.3) is 10.9 Å². The highest BCUT2D eigenvalue weighted by Gasteiger charge is 2.18. The van der Waals surface area contributed by atoms with Crippen LogP contribution in [-0.2, 0) is 4.74 Å². The van der Waals surface area contributed by atoms with E-state index in [1.807, 2.05) is 18.2 Å². The molecule has 2 aromatic rings. The molecule has 2 heterocycles. The Bertz CT molecular complexity index is 724. The minimum Gasteiger partial charge on any atom is -0.506 e. The van der Waals surface area contributed by atoms with Crippen molar-refractivity contribution in [1.82, 2.24) is 9.88 Å². The molecule has 1 fully saturated rings. The third-order valence-electron chi connectivity index (χ3n) is 4.19. The van der Waals surface area contributed by atoms with E-state index in [0.29, 0.717) is 10.9 Å². The van der Waals surface area contributed by atoms with Crippen molar-refractivity contribution >= 4 is 22.6 Å². The van der Waals surface area contributed by atoms with Gasteiger partial charge in [-0.2, -0.15) is 0 Å². The monoisotopic (exact) mass is 315 g/mol. The second kappa shape index (κ2) is 6.42. The summed E-state index contributed by atoms with van der Waals surface area (Å²) >= 11 is 0. The number of esters is 1. The first kappa shape index (κ1) is 15.6. The molecule has 0 spiro atoms. The van der Waals surface area contributed by atoms with Crippen LogP contribution >= 0.6 is 0 Å². The van der Waals surface area contributed by atoms with Crippen LogP contribution in [0.4, 0.5) is 5.69 Å². The van der Waals surface area contributed by atoms with Crippen LogP contribution in [0.15, 0.2) is 24.4 Å². The molecule has 0 amide bonds. The zero-order valence-electron chi connectivity index (χ0n) is 13.5. The van der Waals surface area contributed by atoms with Crippen LogP contribution < -0.4 is 4.90 Å². The lowest BCUT2D eigenvalue weighted by molar-refractivity contribution is 0.0523. The summed E-state index contributed by atoms with van der Waals surface area (Å²) in [5.41, 5.74) is 1.80. The van der Waals surface area contributed by atoms with Crippen LogP contribution in [0.5, 0.6) is 5.75 Å². The molecule has 122 valence electrons. The van der Waals surface area contributed by atoms with Gasteiger partial charge in [0.15, 0.2) is 0 Å². The van der Waals surface area contributed by atoms with E-state index in [9.17, 15) is 9.90 Å². The number of likely N-dealkylation sites (N-methyl/N-ethyl adjacent to an activating group) is 1. The predicted octanol–water partition coefficient (Wildman–Crippen LogP) is 1.87. The Kier molecular flexibility index (Phi) is 4.34. The van der Waals surface area contributed by atoms with Crippen LogP contribution in [0, 0.1) is 0 Å². The van der Waals surface area contributed by atoms with Crippen molar-refractivity contribution in [3.8, 4) is 5.75 Å². The average molecular weight is 315 g/mol. The fourth-order valence-corrected chi connectivity index (χ4v) is 2.79. The molecule has 1 N–H and O–H groups in total. The van der Waals surface area contributed by atoms with Gasteiger partial charge in [-0.3, -0.25) is 4.98 Å². The molecule has 0 radical (unpaired) electrons. The van der Waals surface area contributed by atoms with Crippen molar-refractivity contribution in [2.75, 3.05) is 44.7 Å². The zero-order valence-corrected chi connectivity index (χ0v) is 13.5. The van der Waals surface area contributed by atoms with Gasteiger partial charge in [-0.05, 0) is 32.2 Å². The van der Waals surface area contributed by atoms with Gasteiger partial charge in [0.2, 0.25) is 0 Å². The van der Waals surface area contributed by atoms with Crippen molar-refractivity contribution < 1.29 is 14.6 Å². The second-order valence-electron chi connectivity index (χ2n) is 5.73. The Morgan fingerprint density at radius 2 is 2.04 bits per heavy atom. The quantitative estimate of drug-likeness (QED) is 0.872. The lowest BCUT2D eigenvalue weighted by Gasteiger charge is -2.34. The lowest BCUT2D eigenvalue weighted by atomic mass is 10.1. The fourth-order valence-electron chi connectivity index (χ4n) is 2.79. The van der Waals surface area contributed by atoms with Crippen LogP contribution in [0.1, 0.15) is 17.3 Å². The summed E-state index contributed by atoms with van der Waals surface area (Å²) < 4.78 is 4.96. The topological polar surface area (TPSA) is 65.9 Å². The van der Waals surface area contributed by atoms with E-state index in [2.05, 4.69) is 21.8 Å². The summed E-state index contributed by atoms with van der Waals surface area (Å²) in [6.07, 6.45) is 1.37. The molecule has 6 heteroatoms. The smallest absolute Gasteiger partial charge is 0.343 e. The molecule has 0 aliphatic carbocycles. The highest BCUT2D eigenvalue weighted by atomic mass is 16.5. The molecule has 0 atom stereocenters. The third-order valence-corrected chi connectivity index (χ3v) is 4.19. The first-order chi connectivity index (χ1) is 11.1. The SMILES string of the molecule is CCOC(=O)c1cnc2ccc(N3CCN(C)CC3)cc2c1O. The molecule has 23 heavy (non-hydrogen) atoms. The number of nitrogens with zero attached hydrogens (tertiary/aromatic N) is 3. The Morgan fingerprint density at radius 3 is 2.74 bits per heavy atom. The molecule has 1 aliphatic heterocycles. The number of aromatic hydroxyl groups is 1. The summed E-state index contributed by atoms with van der Waals surface area (Å²) in [6.45, 7) is 5.88. The number of pyridine rings is 1. The van der Waals surface area contributed by atoms with Crippen LogP contribution in [-0.4, -0.2) is 60.8 Å². The maximum atomic E-state index is 11.9. The van der Waals surface area contributed by atoms with E-state index in [1.54, 1.807) is 6.92 Å². The number of carbonyl (C=O) groups excluding carboxylic acids is 1. The molecule has 1 aromatic carbocycles. The first-order valence-corrected chi connectivity index (χ1v) is 7.82. The number of ether oxygens (including phenoxy) is 1. The van der Waals surface area contributed by atoms with Crippen molar-refractivity contribution in [2.45, 2.75) is 6.92 Å². The Hall–Kier alpha value is -2.34. The van der Waals surface area contributed by atoms with Gasteiger partial charge in [-0.25, -0.2) is 4.79 Å². The zero-order chi connectivity index (χ0) is 16.4. The molecule has 3 rings (SSSR count). The number of carbonyl (C=O) groups is 1. The number of hydrogen-bond acceptors (Lipinski definition) is 6. The molecule has 1 saturated heterocycles. The second-order valence-corrected chi connectivity index (χ2v) is 5.73. The third kappa shape index (κ3) is 3.07. The predicted molar refractivity (Wildman–Crippen MR) is 89.1 cm³/mol. The van der Waals surface area contributed by atoms with E-state index < -0.39 is 5.97 Å². The normalized spacial score (nSPS) is 15.8. The van der Waals surface area contributed by atoms with E-state index in [1.165, 1.54) is 6.20 Å². The molecular formula is C17H21N3O3. The van der Waals surface area contributed by atoms with Gasteiger partial charge in [-0.1, -0.05) is 0 Å². The van der Waals surface area contributed by atoms with Gasteiger partial charge in [0.25, 0.3) is 0 Å². The molecule has 1 aliphatic rings. The van der Waals surface area contributed by atoms with Gasteiger partial charge in [-0.15, -0.1) is 0 Å². The lowest BCUT2D eigenvalue weighted by Crippen LogP contribution is -2.44. The average Bonchev–Trinajstić information content (AvgIpc) is 2.56. The number of aromatic nitrogens is 1. The molecule has 0 saturated carbocycles. The minimum absolute atomic E-state index is 0.0653. The van der Waals surface area contributed by atoms with E-state index >= 15 is 0 Å². The summed E-state index contributed by atoms with van der Waals surface area (Å²) in [7, 11) is 2.11. The van der Waals surface area contributed by atoms with Crippen LogP contribution in [0.3, 0.4) is 0 Å². The van der Waals surface area contributed by atoms with Crippen molar-refractivity contribution in [3.63, 3.8) is 0 Å². The summed E-state index contributed by atoms with van der Waals surface area (Å²) in [5.74, 6) is -0.617. The van der Waals surface area contributed by atoms with Gasteiger partial charge in [0.1, 0.15) is 11.3 Å². The maximum absolute atomic E-state index is 11.9. The maximum Gasteiger partial charge on any atom is 0.343 e. The van der Waals surface area contributed by atoms with Gasteiger partial charge in [0, 0.05) is 43.4 Å².